The third kappa shape index (κ3) is 3.38. The molecule has 2 rings (SSSR count). The molecular weight excluding hydrogens is 224 g/mol. The molecule has 0 atom stereocenters. The minimum atomic E-state index is -0.257. The van der Waals surface area contributed by atoms with Crippen molar-refractivity contribution >= 4 is 11.9 Å². The molecule has 18 heavy (non-hydrogen) atoms. The van der Waals surface area contributed by atoms with Crippen LogP contribution in [0, 0.1) is 6.92 Å². The predicted molar refractivity (Wildman–Crippen MR) is 72.2 cm³/mol. The second kappa shape index (κ2) is 6.27. The standard InChI is InChI=1S/C15H18N2O/c1-12-7-5-6-10-14(12)15(18)17-11-16-13-8-3-2-4-9-13/h5-7,10,13H,2-4,8-9H2,1H3. The maximum atomic E-state index is 11.8. The molecule has 0 aromatic heterocycles. The Morgan fingerprint density at radius 3 is 2.67 bits per heavy atom. The fraction of sp³-hybridized carbons (Fsp3) is 0.467. The molecule has 0 radical (unpaired) electrons. The van der Waals surface area contributed by atoms with Crippen LogP contribution in [0.2, 0.25) is 0 Å². The summed E-state index contributed by atoms with van der Waals surface area (Å²) in [5, 5.41) is 0. The molecule has 1 saturated carbocycles. The molecule has 1 aliphatic rings. The smallest absolute Gasteiger partial charge is 0.266 e. The summed E-state index contributed by atoms with van der Waals surface area (Å²) < 4.78 is 0. The number of amides is 1. The van der Waals surface area contributed by atoms with Gasteiger partial charge >= 0.3 is 0 Å². The molecule has 1 aromatic carbocycles. The van der Waals surface area contributed by atoms with Crippen molar-refractivity contribution in [3.63, 3.8) is 0 Å². The first kappa shape index (κ1) is 12.7. The lowest BCUT2D eigenvalue weighted by molar-refractivity contribution is 0.100. The van der Waals surface area contributed by atoms with Gasteiger partial charge < -0.3 is 0 Å². The molecule has 0 bridgehead atoms. The van der Waals surface area contributed by atoms with Crippen molar-refractivity contribution in [2.24, 2.45) is 9.98 Å². The van der Waals surface area contributed by atoms with E-state index in [-0.39, 0.29) is 5.91 Å². The number of benzene rings is 1. The summed E-state index contributed by atoms with van der Waals surface area (Å²) in [6.07, 6.45) is 5.94. The number of hydrogen-bond donors (Lipinski definition) is 0. The zero-order chi connectivity index (χ0) is 12.8. The summed E-state index contributed by atoms with van der Waals surface area (Å²) in [5.74, 6) is -0.257. The van der Waals surface area contributed by atoms with Crippen molar-refractivity contribution in [3.8, 4) is 0 Å². The fourth-order valence-electron chi connectivity index (χ4n) is 2.24. The Morgan fingerprint density at radius 2 is 1.94 bits per heavy atom. The molecule has 0 unspecified atom stereocenters. The van der Waals surface area contributed by atoms with Crippen molar-refractivity contribution in [2.75, 3.05) is 0 Å². The van der Waals surface area contributed by atoms with Gasteiger partial charge in [-0.25, -0.2) is 4.99 Å². The maximum Gasteiger partial charge on any atom is 0.286 e. The van der Waals surface area contributed by atoms with Crippen LogP contribution in [0.25, 0.3) is 0 Å². The van der Waals surface area contributed by atoms with Crippen LogP contribution >= 0.6 is 0 Å². The van der Waals surface area contributed by atoms with E-state index in [1.165, 1.54) is 19.3 Å². The molecule has 3 heteroatoms. The average Bonchev–Trinajstić information content (AvgIpc) is 2.40. The lowest BCUT2D eigenvalue weighted by Gasteiger charge is -2.15. The quantitative estimate of drug-likeness (QED) is 0.730. The van der Waals surface area contributed by atoms with E-state index in [0.29, 0.717) is 11.6 Å². The van der Waals surface area contributed by atoms with Crippen LogP contribution in [-0.4, -0.2) is 18.0 Å². The summed E-state index contributed by atoms with van der Waals surface area (Å²) >= 11 is 0. The van der Waals surface area contributed by atoms with Crippen LogP contribution in [0.3, 0.4) is 0 Å². The largest absolute Gasteiger partial charge is 0.286 e. The van der Waals surface area contributed by atoms with Gasteiger partial charge in [0, 0.05) is 5.56 Å². The van der Waals surface area contributed by atoms with E-state index in [1.54, 1.807) is 6.07 Å². The van der Waals surface area contributed by atoms with Crippen molar-refractivity contribution in [1.82, 2.24) is 0 Å². The van der Waals surface area contributed by atoms with Crippen molar-refractivity contribution in [1.29, 1.82) is 0 Å². The minimum absolute atomic E-state index is 0.257. The summed E-state index contributed by atoms with van der Waals surface area (Å²) in [6.45, 7) is 1.90. The second-order valence-corrected chi connectivity index (χ2v) is 4.75. The number of carbonyl (C=O) groups is 1. The van der Waals surface area contributed by atoms with Gasteiger partial charge in [-0.05, 0) is 31.4 Å². The Hall–Kier alpha value is -1.73. The highest BCUT2D eigenvalue weighted by Crippen LogP contribution is 2.19. The molecule has 0 aliphatic heterocycles. The van der Waals surface area contributed by atoms with Gasteiger partial charge in [0.25, 0.3) is 5.91 Å². The zero-order valence-electron chi connectivity index (χ0n) is 10.7. The van der Waals surface area contributed by atoms with Crippen LogP contribution in [-0.2, 0) is 0 Å². The molecule has 1 fully saturated rings. The zero-order valence-corrected chi connectivity index (χ0v) is 10.7. The molecule has 94 valence electrons. The Morgan fingerprint density at radius 1 is 1.22 bits per heavy atom. The molecule has 1 aliphatic carbocycles. The number of hydrogen-bond acceptors (Lipinski definition) is 2. The molecule has 1 aromatic rings. The topological polar surface area (TPSA) is 41.8 Å². The molecule has 0 N–H and O–H groups in total. The Balaban J connectivity index is 2.02. The SMILES string of the molecule is Cc1ccccc1C(=O)N=C=NC1CCCCC1. The van der Waals surface area contributed by atoms with E-state index < -0.39 is 0 Å². The normalized spacial score (nSPS) is 15.8. The van der Waals surface area contributed by atoms with Gasteiger partial charge in [0.1, 0.15) is 0 Å². The van der Waals surface area contributed by atoms with Crippen LogP contribution in [0.1, 0.15) is 48.0 Å². The first-order chi connectivity index (χ1) is 8.77. The Bertz CT molecular complexity index is 481. The van der Waals surface area contributed by atoms with Gasteiger partial charge in [0.15, 0.2) is 0 Å². The van der Waals surface area contributed by atoms with Crippen LogP contribution in [0.4, 0.5) is 0 Å². The predicted octanol–water partition coefficient (Wildman–Crippen LogP) is 3.64. The van der Waals surface area contributed by atoms with Gasteiger partial charge in [-0.1, -0.05) is 37.5 Å². The maximum absolute atomic E-state index is 11.8. The average molecular weight is 242 g/mol. The van der Waals surface area contributed by atoms with E-state index in [0.717, 1.165) is 18.4 Å². The van der Waals surface area contributed by atoms with E-state index in [1.807, 2.05) is 25.1 Å². The van der Waals surface area contributed by atoms with Crippen molar-refractivity contribution in [2.45, 2.75) is 45.1 Å². The summed E-state index contributed by atoms with van der Waals surface area (Å²) in [7, 11) is 0. The van der Waals surface area contributed by atoms with E-state index in [4.69, 9.17) is 0 Å². The Labute approximate surface area is 108 Å². The van der Waals surface area contributed by atoms with Crippen LogP contribution < -0.4 is 0 Å². The van der Waals surface area contributed by atoms with Gasteiger partial charge in [0.05, 0.1) is 12.1 Å². The summed E-state index contributed by atoms with van der Waals surface area (Å²) in [4.78, 5) is 19.9. The number of carbonyl (C=O) groups excluding carboxylic acids is 1. The van der Waals surface area contributed by atoms with Gasteiger partial charge in [-0.15, -0.1) is 4.99 Å². The van der Waals surface area contributed by atoms with Crippen LogP contribution in [0.15, 0.2) is 34.3 Å². The van der Waals surface area contributed by atoms with Crippen LogP contribution in [0.5, 0.6) is 0 Å². The number of aryl methyl sites for hydroxylation is 1. The molecule has 1 amide bonds. The molecule has 3 nitrogen and oxygen atoms in total. The molecule has 0 heterocycles. The van der Waals surface area contributed by atoms with E-state index in [9.17, 15) is 4.79 Å². The van der Waals surface area contributed by atoms with Gasteiger partial charge in [0.2, 0.25) is 0 Å². The highest BCUT2D eigenvalue weighted by Gasteiger charge is 2.11. The third-order valence-corrected chi connectivity index (χ3v) is 3.34. The minimum Gasteiger partial charge on any atom is -0.266 e. The molecule has 0 saturated heterocycles. The number of rotatable bonds is 2. The highest BCUT2D eigenvalue weighted by atomic mass is 16.1. The number of nitrogens with zero attached hydrogens (tertiary/aromatic N) is 2. The lowest BCUT2D eigenvalue weighted by atomic mass is 9.96. The fourth-order valence-corrected chi connectivity index (χ4v) is 2.24. The van der Waals surface area contributed by atoms with Crippen molar-refractivity contribution < 1.29 is 4.79 Å². The van der Waals surface area contributed by atoms with E-state index in [2.05, 4.69) is 16.0 Å². The monoisotopic (exact) mass is 242 g/mol. The van der Waals surface area contributed by atoms with E-state index >= 15 is 0 Å². The first-order valence-electron chi connectivity index (χ1n) is 6.53. The number of aliphatic imine (C=N–C) groups is 2. The van der Waals surface area contributed by atoms with Gasteiger partial charge in [-0.2, -0.15) is 0 Å². The third-order valence-electron chi connectivity index (χ3n) is 3.34. The Kier molecular flexibility index (Phi) is 4.43. The highest BCUT2D eigenvalue weighted by molar-refractivity contribution is 5.98. The molecular formula is C15H18N2O. The molecule has 0 spiro atoms. The summed E-state index contributed by atoms with van der Waals surface area (Å²) in [6, 6.07) is 10.3. The summed E-state index contributed by atoms with van der Waals surface area (Å²) in [5.41, 5.74) is 1.56. The lowest BCUT2D eigenvalue weighted by Crippen LogP contribution is -2.08. The first-order valence-corrected chi connectivity index (χ1v) is 6.53. The second-order valence-electron chi connectivity index (χ2n) is 4.75. The van der Waals surface area contributed by atoms with Gasteiger partial charge in [-0.3, -0.25) is 4.79 Å². The van der Waals surface area contributed by atoms with Crippen molar-refractivity contribution in [3.05, 3.63) is 35.4 Å².